The van der Waals surface area contributed by atoms with Crippen molar-refractivity contribution in [2.45, 2.75) is 38.6 Å². The Bertz CT molecular complexity index is 1470. The maximum Gasteiger partial charge on any atom is 0.271 e. The van der Waals surface area contributed by atoms with Gasteiger partial charge in [-0.05, 0) is 30.2 Å². The summed E-state index contributed by atoms with van der Waals surface area (Å²) in [4.78, 5) is 33.5. The second-order valence-electron chi connectivity index (χ2n) is 8.88. The third-order valence-corrected chi connectivity index (χ3v) is 7.51. The first-order valence-electron chi connectivity index (χ1n) is 11.7. The first-order chi connectivity index (χ1) is 17.5. The summed E-state index contributed by atoms with van der Waals surface area (Å²) in [7, 11) is 0. The van der Waals surface area contributed by atoms with Crippen LogP contribution in [0.5, 0.6) is 0 Å². The molecule has 9 heteroatoms. The van der Waals surface area contributed by atoms with Crippen LogP contribution in [0.4, 0.5) is 0 Å². The van der Waals surface area contributed by atoms with Crippen LogP contribution < -0.4 is 5.32 Å². The lowest BCUT2D eigenvalue weighted by Crippen LogP contribution is -2.46. The summed E-state index contributed by atoms with van der Waals surface area (Å²) in [5, 5.41) is 23.4. The molecule has 1 aliphatic heterocycles. The van der Waals surface area contributed by atoms with Crippen LogP contribution in [0.3, 0.4) is 0 Å². The van der Waals surface area contributed by atoms with Gasteiger partial charge < -0.3 is 19.9 Å². The van der Waals surface area contributed by atoms with Gasteiger partial charge in [-0.2, -0.15) is 5.26 Å². The maximum atomic E-state index is 13.5. The van der Waals surface area contributed by atoms with E-state index < -0.39 is 12.1 Å². The number of nitriles is 1. The Hall–Kier alpha value is -4.00. The number of benzene rings is 2. The van der Waals surface area contributed by atoms with E-state index in [1.807, 2.05) is 61.0 Å². The van der Waals surface area contributed by atoms with Crippen molar-refractivity contribution in [3.63, 3.8) is 0 Å². The molecule has 0 bridgehead atoms. The fourth-order valence-electron chi connectivity index (χ4n) is 4.72. The Morgan fingerprint density at radius 3 is 2.72 bits per heavy atom. The van der Waals surface area contributed by atoms with E-state index in [0.29, 0.717) is 12.2 Å². The number of likely N-dealkylation sites (tertiary alicyclic amines) is 1. The van der Waals surface area contributed by atoms with E-state index in [-0.39, 0.29) is 31.3 Å². The van der Waals surface area contributed by atoms with Crippen molar-refractivity contribution in [3.05, 3.63) is 77.1 Å². The number of aliphatic hydroxyl groups is 1. The molecule has 2 atom stereocenters. The number of carbonyl (C=O) groups is 2. The topological polar surface area (TPSA) is 111 Å². The SMILES string of the molecule is Cc1ncsc1-c1ccc(CNC(=O)[C@@H]2C[C@@H](O)CN2C(=O)c2cc3ccccc3n2CC#N)cc1. The number of nitrogens with one attached hydrogen (secondary N) is 1. The molecule has 1 aliphatic rings. The lowest BCUT2D eigenvalue weighted by molar-refractivity contribution is -0.125. The summed E-state index contributed by atoms with van der Waals surface area (Å²) in [6, 6.07) is 18.4. The Kier molecular flexibility index (Phi) is 6.55. The lowest BCUT2D eigenvalue weighted by Gasteiger charge is -2.24. The fourth-order valence-corrected chi connectivity index (χ4v) is 5.53. The number of rotatable bonds is 6. The van der Waals surface area contributed by atoms with Crippen molar-refractivity contribution < 1.29 is 14.7 Å². The van der Waals surface area contributed by atoms with Crippen molar-refractivity contribution in [2.75, 3.05) is 6.54 Å². The third-order valence-electron chi connectivity index (χ3n) is 6.53. The van der Waals surface area contributed by atoms with Gasteiger partial charge in [0.25, 0.3) is 5.91 Å². The molecule has 0 aliphatic carbocycles. The van der Waals surface area contributed by atoms with Gasteiger partial charge in [-0.3, -0.25) is 9.59 Å². The average Bonchev–Trinajstić information content (AvgIpc) is 3.60. The molecule has 36 heavy (non-hydrogen) atoms. The highest BCUT2D eigenvalue weighted by atomic mass is 32.1. The van der Waals surface area contributed by atoms with E-state index >= 15 is 0 Å². The van der Waals surface area contributed by atoms with Crippen LogP contribution >= 0.6 is 11.3 Å². The Labute approximate surface area is 212 Å². The van der Waals surface area contributed by atoms with Gasteiger partial charge in [-0.1, -0.05) is 42.5 Å². The zero-order chi connectivity index (χ0) is 25.2. The molecule has 0 radical (unpaired) electrons. The molecule has 2 amide bonds. The number of hydrogen-bond donors (Lipinski definition) is 2. The summed E-state index contributed by atoms with van der Waals surface area (Å²) in [5.74, 6) is -0.687. The van der Waals surface area contributed by atoms with Crippen LogP contribution in [0.25, 0.3) is 21.3 Å². The highest BCUT2D eigenvalue weighted by molar-refractivity contribution is 7.13. The lowest BCUT2D eigenvalue weighted by atomic mass is 10.1. The predicted molar refractivity (Wildman–Crippen MR) is 137 cm³/mol. The number of aromatic nitrogens is 2. The van der Waals surface area contributed by atoms with Gasteiger partial charge in [-0.15, -0.1) is 11.3 Å². The molecule has 2 aromatic heterocycles. The molecule has 8 nitrogen and oxygen atoms in total. The molecule has 0 unspecified atom stereocenters. The molecule has 3 heterocycles. The number of aryl methyl sites for hydroxylation is 1. The number of carbonyl (C=O) groups excluding carboxylic acids is 2. The minimum Gasteiger partial charge on any atom is -0.391 e. The molecule has 2 aromatic carbocycles. The first-order valence-corrected chi connectivity index (χ1v) is 12.6. The smallest absolute Gasteiger partial charge is 0.271 e. The second-order valence-corrected chi connectivity index (χ2v) is 9.73. The number of aliphatic hydroxyl groups excluding tert-OH is 1. The number of amides is 2. The molecule has 0 spiro atoms. The minimum absolute atomic E-state index is 0.0128. The van der Waals surface area contributed by atoms with E-state index in [0.717, 1.165) is 32.6 Å². The normalized spacial score (nSPS) is 17.3. The van der Waals surface area contributed by atoms with Crippen molar-refractivity contribution >= 4 is 34.1 Å². The molecule has 0 saturated carbocycles. The molecule has 182 valence electrons. The van der Waals surface area contributed by atoms with Crippen LogP contribution in [-0.4, -0.2) is 50.1 Å². The van der Waals surface area contributed by atoms with Crippen LogP contribution in [0.1, 0.15) is 28.2 Å². The van der Waals surface area contributed by atoms with Gasteiger partial charge in [-0.25, -0.2) is 4.98 Å². The van der Waals surface area contributed by atoms with Gasteiger partial charge in [0.1, 0.15) is 18.3 Å². The zero-order valence-corrected chi connectivity index (χ0v) is 20.5. The van der Waals surface area contributed by atoms with Gasteiger partial charge in [0.05, 0.1) is 28.3 Å². The largest absolute Gasteiger partial charge is 0.391 e. The number of thiazole rings is 1. The molecule has 4 aromatic rings. The fraction of sp³-hybridized carbons (Fsp3) is 0.259. The van der Waals surface area contributed by atoms with Crippen LogP contribution in [0.15, 0.2) is 60.1 Å². The molecule has 5 rings (SSSR count). The standard InChI is InChI=1S/C27H25N5O3S/c1-17-25(36-16-30-17)19-8-6-18(7-9-19)14-29-26(34)23-13-21(33)15-32(23)27(35)24-12-20-4-2-3-5-22(20)31(24)11-10-28/h2-9,12,16,21,23,33H,11,13-15H2,1H3,(H,29,34)/t21-,23+/m1/s1. The van der Waals surface area contributed by atoms with E-state index in [1.54, 1.807) is 22.0 Å². The van der Waals surface area contributed by atoms with E-state index in [1.165, 1.54) is 4.90 Å². The molecule has 1 saturated heterocycles. The molecular formula is C27H25N5O3S. The highest BCUT2D eigenvalue weighted by Gasteiger charge is 2.40. The van der Waals surface area contributed by atoms with Crippen LogP contribution in [0.2, 0.25) is 0 Å². The Morgan fingerprint density at radius 1 is 1.22 bits per heavy atom. The highest BCUT2D eigenvalue weighted by Crippen LogP contribution is 2.28. The number of fused-ring (bicyclic) bond motifs is 1. The van der Waals surface area contributed by atoms with Gasteiger partial charge in [0, 0.05) is 30.4 Å². The Balaban J connectivity index is 1.31. The second kappa shape index (κ2) is 9.93. The summed E-state index contributed by atoms with van der Waals surface area (Å²) >= 11 is 1.59. The first kappa shape index (κ1) is 23.7. The summed E-state index contributed by atoms with van der Waals surface area (Å²) in [5.41, 5.74) is 5.92. The van der Waals surface area contributed by atoms with E-state index in [2.05, 4.69) is 16.4 Å². The number of para-hydroxylation sites is 1. The Morgan fingerprint density at radius 2 is 2.00 bits per heavy atom. The molecular weight excluding hydrogens is 474 g/mol. The van der Waals surface area contributed by atoms with E-state index in [9.17, 15) is 20.0 Å². The van der Waals surface area contributed by atoms with Gasteiger partial charge in [0.2, 0.25) is 5.91 Å². The van der Waals surface area contributed by atoms with Crippen molar-refractivity contribution in [3.8, 4) is 16.5 Å². The predicted octanol–water partition coefficient (Wildman–Crippen LogP) is 3.49. The van der Waals surface area contributed by atoms with E-state index in [4.69, 9.17) is 0 Å². The summed E-state index contributed by atoms with van der Waals surface area (Å²) < 4.78 is 1.66. The minimum atomic E-state index is -0.792. The van der Waals surface area contributed by atoms with Gasteiger partial charge >= 0.3 is 0 Å². The molecule has 1 fully saturated rings. The van der Waals surface area contributed by atoms with Crippen molar-refractivity contribution in [2.24, 2.45) is 0 Å². The molecule has 2 N–H and O–H groups in total. The van der Waals surface area contributed by atoms with Gasteiger partial charge in [0.15, 0.2) is 0 Å². The number of hydrogen-bond acceptors (Lipinski definition) is 6. The summed E-state index contributed by atoms with van der Waals surface area (Å²) in [6.45, 7) is 2.36. The van der Waals surface area contributed by atoms with Crippen LogP contribution in [-0.2, 0) is 17.9 Å². The average molecular weight is 500 g/mol. The number of nitrogens with zero attached hydrogens (tertiary/aromatic N) is 4. The zero-order valence-electron chi connectivity index (χ0n) is 19.7. The van der Waals surface area contributed by atoms with Crippen molar-refractivity contribution in [1.82, 2.24) is 19.8 Å². The van der Waals surface area contributed by atoms with Crippen molar-refractivity contribution in [1.29, 1.82) is 5.26 Å². The summed E-state index contributed by atoms with van der Waals surface area (Å²) in [6.07, 6.45) is -0.625. The quantitative estimate of drug-likeness (QED) is 0.422. The third kappa shape index (κ3) is 4.49. The number of β-amino-alcohol motifs (C(OH)–C–C–N with tert-alkyl or cyclic N) is 1. The van der Waals surface area contributed by atoms with Crippen LogP contribution in [0, 0.1) is 18.3 Å². The maximum absolute atomic E-state index is 13.5. The monoisotopic (exact) mass is 499 g/mol.